The van der Waals surface area contributed by atoms with Crippen molar-refractivity contribution >= 4 is 17.5 Å². The molecule has 1 aliphatic rings. The van der Waals surface area contributed by atoms with Crippen molar-refractivity contribution in [2.75, 3.05) is 18.4 Å². The molecule has 1 N–H and O–H groups in total. The Kier molecular flexibility index (Phi) is 4.73. The first-order valence-electron chi connectivity index (χ1n) is 6.98. The van der Waals surface area contributed by atoms with E-state index in [9.17, 15) is 22.8 Å². The Bertz CT molecular complexity index is 572. The fourth-order valence-electron chi connectivity index (χ4n) is 2.63. The third-order valence-electron chi connectivity index (χ3n) is 3.52. The lowest BCUT2D eigenvalue weighted by Gasteiger charge is -2.17. The summed E-state index contributed by atoms with van der Waals surface area (Å²) >= 11 is 0. The molecule has 120 valence electrons. The highest BCUT2D eigenvalue weighted by Gasteiger charge is 2.36. The zero-order valence-electron chi connectivity index (χ0n) is 12.1. The predicted molar refractivity (Wildman–Crippen MR) is 75.4 cm³/mol. The van der Waals surface area contributed by atoms with Crippen molar-refractivity contribution < 1.29 is 22.8 Å². The Morgan fingerprint density at radius 2 is 2.09 bits per heavy atom. The van der Waals surface area contributed by atoms with Crippen molar-refractivity contribution in [2.24, 2.45) is 5.92 Å². The summed E-state index contributed by atoms with van der Waals surface area (Å²) in [5.41, 5.74) is 0.850. The van der Waals surface area contributed by atoms with Gasteiger partial charge in [0, 0.05) is 37.7 Å². The van der Waals surface area contributed by atoms with Gasteiger partial charge in [-0.2, -0.15) is 13.2 Å². The summed E-state index contributed by atoms with van der Waals surface area (Å²) in [6.07, 6.45) is -4.70. The summed E-state index contributed by atoms with van der Waals surface area (Å²) < 4.78 is 37.2. The van der Waals surface area contributed by atoms with Crippen LogP contribution in [-0.2, 0) is 4.79 Å². The fraction of sp³-hybridized carbons (Fsp3) is 0.467. The highest BCUT2D eigenvalue weighted by atomic mass is 19.4. The monoisotopic (exact) mass is 314 g/mol. The second-order valence-corrected chi connectivity index (χ2v) is 5.49. The second-order valence-electron chi connectivity index (χ2n) is 5.49. The zero-order valence-corrected chi connectivity index (χ0v) is 12.1. The molecule has 0 aliphatic carbocycles. The summed E-state index contributed by atoms with van der Waals surface area (Å²) in [5.74, 6) is -1.10. The van der Waals surface area contributed by atoms with Gasteiger partial charge in [0.2, 0.25) is 5.91 Å². The summed E-state index contributed by atoms with van der Waals surface area (Å²) in [7, 11) is 0. The maximum atomic E-state index is 12.4. The van der Waals surface area contributed by atoms with E-state index in [1.807, 2.05) is 0 Å². The van der Waals surface area contributed by atoms with E-state index in [0.717, 1.165) is 0 Å². The number of amides is 2. The second kappa shape index (κ2) is 6.37. The molecule has 1 atom stereocenters. The van der Waals surface area contributed by atoms with Gasteiger partial charge < -0.3 is 10.2 Å². The van der Waals surface area contributed by atoms with E-state index in [1.54, 1.807) is 18.2 Å². The van der Waals surface area contributed by atoms with E-state index in [4.69, 9.17) is 0 Å². The van der Waals surface area contributed by atoms with Gasteiger partial charge in [-0.3, -0.25) is 9.59 Å². The number of halogens is 3. The van der Waals surface area contributed by atoms with E-state index in [1.165, 1.54) is 17.9 Å². The summed E-state index contributed by atoms with van der Waals surface area (Å²) in [4.78, 5) is 24.8. The normalized spacial score (nSPS) is 18.4. The third-order valence-corrected chi connectivity index (χ3v) is 3.52. The topological polar surface area (TPSA) is 49.4 Å². The Labute approximate surface area is 126 Å². The first-order valence-corrected chi connectivity index (χ1v) is 6.98. The van der Waals surface area contributed by atoms with E-state index in [0.29, 0.717) is 24.2 Å². The van der Waals surface area contributed by atoms with Crippen molar-refractivity contribution in [2.45, 2.75) is 25.9 Å². The average Bonchev–Trinajstić information content (AvgIpc) is 2.83. The molecule has 0 aromatic heterocycles. The summed E-state index contributed by atoms with van der Waals surface area (Å²) in [5, 5.41) is 2.57. The van der Waals surface area contributed by atoms with Crippen LogP contribution in [0.4, 0.5) is 18.9 Å². The average molecular weight is 314 g/mol. The molecule has 1 saturated heterocycles. The highest BCUT2D eigenvalue weighted by molar-refractivity contribution is 5.96. The van der Waals surface area contributed by atoms with Crippen LogP contribution < -0.4 is 5.32 Å². The van der Waals surface area contributed by atoms with Gasteiger partial charge in [-0.1, -0.05) is 6.07 Å². The van der Waals surface area contributed by atoms with Gasteiger partial charge in [0.1, 0.15) is 0 Å². The minimum atomic E-state index is -4.20. The van der Waals surface area contributed by atoms with Crippen LogP contribution in [0.1, 0.15) is 30.1 Å². The lowest BCUT2D eigenvalue weighted by atomic mass is 10.1. The first kappa shape index (κ1) is 16.3. The molecule has 1 aromatic carbocycles. The van der Waals surface area contributed by atoms with Crippen LogP contribution >= 0.6 is 0 Å². The van der Waals surface area contributed by atoms with Crippen LogP contribution in [0.3, 0.4) is 0 Å². The van der Waals surface area contributed by atoms with Crippen molar-refractivity contribution in [3.8, 4) is 0 Å². The number of rotatable bonds is 3. The number of carbonyl (C=O) groups excluding carboxylic acids is 2. The van der Waals surface area contributed by atoms with Crippen LogP contribution in [-0.4, -0.2) is 36.0 Å². The molecule has 2 amide bonds. The molecule has 0 bridgehead atoms. The Morgan fingerprint density at radius 3 is 2.73 bits per heavy atom. The van der Waals surface area contributed by atoms with Gasteiger partial charge in [0.15, 0.2) is 0 Å². The molecule has 1 unspecified atom stereocenters. The molecule has 0 spiro atoms. The first-order chi connectivity index (χ1) is 10.2. The standard InChI is InChI=1S/C15H17F3N2O2/c1-10(21)19-13-4-2-3-12(7-13)14(22)20-6-5-11(9-20)8-15(16,17)18/h2-4,7,11H,5-6,8-9H2,1H3,(H,19,21). The number of alkyl halides is 3. The molecule has 1 fully saturated rings. The van der Waals surface area contributed by atoms with E-state index < -0.39 is 18.5 Å². The molecule has 1 aromatic rings. The Hall–Kier alpha value is -2.05. The smallest absolute Gasteiger partial charge is 0.338 e. The number of benzene rings is 1. The van der Waals surface area contributed by atoms with Crippen LogP contribution in [0.15, 0.2) is 24.3 Å². The molecule has 1 heterocycles. The third kappa shape index (κ3) is 4.47. The lowest BCUT2D eigenvalue weighted by molar-refractivity contribution is -0.143. The molecule has 0 saturated carbocycles. The van der Waals surface area contributed by atoms with Crippen LogP contribution in [0, 0.1) is 5.92 Å². The van der Waals surface area contributed by atoms with Crippen molar-refractivity contribution in [3.05, 3.63) is 29.8 Å². The van der Waals surface area contributed by atoms with Gasteiger partial charge in [-0.05, 0) is 30.5 Å². The minimum absolute atomic E-state index is 0.114. The van der Waals surface area contributed by atoms with Crippen molar-refractivity contribution in [3.63, 3.8) is 0 Å². The summed E-state index contributed by atoms with van der Waals surface area (Å²) in [6, 6.07) is 6.39. The Morgan fingerprint density at radius 1 is 1.36 bits per heavy atom. The lowest BCUT2D eigenvalue weighted by Crippen LogP contribution is -2.29. The quantitative estimate of drug-likeness (QED) is 0.932. The molecule has 1 aliphatic heterocycles. The number of anilines is 1. The van der Waals surface area contributed by atoms with Gasteiger partial charge in [0.05, 0.1) is 0 Å². The van der Waals surface area contributed by atoms with Crippen LogP contribution in [0.5, 0.6) is 0 Å². The van der Waals surface area contributed by atoms with E-state index in [-0.39, 0.29) is 18.4 Å². The van der Waals surface area contributed by atoms with Crippen LogP contribution in [0.2, 0.25) is 0 Å². The van der Waals surface area contributed by atoms with Crippen LogP contribution in [0.25, 0.3) is 0 Å². The number of hydrogen-bond acceptors (Lipinski definition) is 2. The fourth-order valence-corrected chi connectivity index (χ4v) is 2.63. The Balaban J connectivity index is 2.02. The number of nitrogens with one attached hydrogen (secondary N) is 1. The minimum Gasteiger partial charge on any atom is -0.338 e. The molecule has 2 rings (SSSR count). The molecular weight excluding hydrogens is 297 g/mol. The van der Waals surface area contributed by atoms with E-state index in [2.05, 4.69) is 5.32 Å². The highest BCUT2D eigenvalue weighted by Crippen LogP contribution is 2.31. The number of likely N-dealkylation sites (tertiary alicyclic amines) is 1. The number of hydrogen-bond donors (Lipinski definition) is 1. The van der Waals surface area contributed by atoms with Gasteiger partial charge in [0.25, 0.3) is 5.91 Å². The molecule has 7 heteroatoms. The zero-order chi connectivity index (χ0) is 16.3. The molecular formula is C15H17F3N2O2. The number of carbonyl (C=O) groups is 2. The van der Waals surface area contributed by atoms with Gasteiger partial charge in [-0.25, -0.2) is 0 Å². The number of nitrogens with zero attached hydrogens (tertiary/aromatic N) is 1. The largest absolute Gasteiger partial charge is 0.389 e. The predicted octanol–water partition coefficient (Wildman–Crippen LogP) is 3.06. The summed E-state index contributed by atoms with van der Waals surface area (Å²) in [6.45, 7) is 1.79. The molecule has 22 heavy (non-hydrogen) atoms. The SMILES string of the molecule is CC(=O)Nc1cccc(C(=O)N2CCC(CC(F)(F)F)C2)c1. The van der Waals surface area contributed by atoms with Gasteiger partial charge >= 0.3 is 6.18 Å². The maximum absolute atomic E-state index is 12.4. The van der Waals surface area contributed by atoms with Gasteiger partial charge in [-0.15, -0.1) is 0 Å². The van der Waals surface area contributed by atoms with E-state index >= 15 is 0 Å². The van der Waals surface area contributed by atoms with Crippen molar-refractivity contribution in [1.82, 2.24) is 4.90 Å². The maximum Gasteiger partial charge on any atom is 0.389 e. The molecule has 0 radical (unpaired) electrons. The molecule has 4 nitrogen and oxygen atoms in total. The van der Waals surface area contributed by atoms with Crippen molar-refractivity contribution in [1.29, 1.82) is 0 Å².